The van der Waals surface area contributed by atoms with Crippen LogP contribution in [0.5, 0.6) is 0 Å². The molecule has 0 saturated carbocycles. The van der Waals surface area contributed by atoms with Crippen molar-refractivity contribution in [2.45, 2.75) is 45.4 Å². The van der Waals surface area contributed by atoms with Crippen molar-refractivity contribution < 1.29 is 4.79 Å². The van der Waals surface area contributed by atoms with E-state index < -0.39 is 0 Å². The molecule has 1 aromatic carbocycles. The fourth-order valence-corrected chi connectivity index (χ4v) is 3.27. The fraction of sp³-hybridized carbons (Fsp3) is 0.533. The van der Waals surface area contributed by atoms with E-state index in [2.05, 4.69) is 39.0 Å². The highest BCUT2D eigenvalue weighted by atomic mass is 16.1. The molecule has 16 heavy (non-hydrogen) atoms. The van der Waals surface area contributed by atoms with Gasteiger partial charge in [0.05, 0.1) is 5.41 Å². The SMILES string of the molecule is CC(=O)[C@@]1(CC(C)C)c2ccccc2C1C. The van der Waals surface area contributed by atoms with E-state index in [1.807, 2.05) is 6.07 Å². The Labute approximate surface area is 97.9 Å². The third-order valence-electron chi connectivity index (χ3n) is 4.01. The van der Waals surface area contributed by atoms with Crippen molar-refractivity contribution in [3.8, 4) is 0 Å². The van der Waals surface area contributed by atoms with E-state index in [4.69, 9.17) is 0 Å². The molecule has 0 radical (unpaired) electrons. The van der Waals surface area contributed by atoms with E-state index in [-0.39, 0.29) is 5.41 Å². The second-order valence-electron chi connectivity index (χ2n) is 5.43. The van der Waals surface area contributed by atoms with E-state index in [1.165, 1.54) is 11.1 Å². The Bertz CT molecular complexity index is 419. The van der Waals surface area contributed by atoms with Crippen molar-refractivity contribution in [2.24, 2.45) is 5.92 Å². The summed E-state index contributed by atoms with van der Waals surface area (Å²) in [6, 6.07) is 8.39. The van der Waals surface area contributed by atoms with E-state index in [1.54, 1.807) is 6.92 Å². The van der Waals surface area contributed by atoms with Crippen LogP contribution in [0.15, 0.2) is 24.3 Å². The van der Waals surface area contributed by atoms with Gasteiger partial charge in [-0.25, -0.2) is 0 Å². The van der Waals surface area contributed by atoms with Crippen LogP contribution in [0.2, 0.25) is 0 Å². The standard InChI is InChI=1S/C15H20O/c1-10(2)9-15(12(4)16)11(3)13-7-5-6-8-14(13)15/h5-8,10-11H,9H2,1-4H3/t11?,15-/m0/s1. The quantitative estimate of drug-likeness (QED) is 0.753. The molecule has 2 rings (SSSR count). The molecule has 1 aliphatic carbocycles. The Hall–Kier alpha value is -1.11. The average molecular weight is 216 g/mol. The van der Waals surface area contributed by atoms with Crippen LogP contribution in [-0.4, -0.2) is 5.78 Å². The van der Waals surface area contributed by atoms with Gasteiger partial charge in [0, 0.05) is 0 Å². The van der Waals surface area contributed by atoms with Crippen molar-refractivity contribution >= 4 is 5.78 Å². The molecule has 2 atom stereocenters. The number of carbonyl (C=O) groups is 1. The van der Waals surface area contributed by atoms with Crippen LogP contribution < -0.4 is 0 Å². The molecule has 1 nitrogen and oxygen atoms in total. The molecule has 0 aliphatic heterocycles. The van der Waals surface area contributed by atoms with Gasteiger partial charge in [0.1, 0.15) is 5.78 Å². The number of benzene rings is 1. The number of rotatable bonds is 3. The maximum absolute atomic E-state index is 12.1. The highest BCUT2D eigenvalue weighted by Gasteiger charge is 2.52. The maximum Gasteiger partial charge on any atom is 0.140 e. The predicted molar refractivity (Wildman–Crippen MR) is 66.7 cm³/mol. The summed E-state index contributed by atoms with van der Waals surface area (Å²) in [6.07, 6.45) is 0.973. The number of fused-ring (bicyclic) bond motifs is 1. The van der Waals surface area contributed by atoms with Crippen LogP contribution in [0, 0.1) is 5.92 Å². The van der Waals surface area contributed by atoms with Crippen LogP contribution >= 0.6 is 0 Å². The molecule has 0 heterocycles. The van der Waals surface area contributed by atoms with Gasteiger partial charge in [0.15, 0.2) is 0 Å². The van der Waals surface area contributed by atoms with Crippen molar-refractivity contribution in [1.29, 1.82) is 0 Å². The monoisotopic (exact) mass is 216 g/mol. The minimum atomic E-state index is -0.204. The van der Waals surface area contributed by atoms with Crippen molar-refractivity contribution in [2.75, 3.05) is 0 Å². The normalized spacial score (nSPS) is 27.4. The first kappa shape index (κ1) is 11.4. The average Bonchev–Trinajstić information content (AvgIpc) is 2.24. The molecule has 0 amide bonds. The highest BCUT2D eigenvalue weighted by Crippen LogP contribution is 2.55. The summed E-state index contributed by atoms with van der Waals surface area (Å²) >= 11 is 0. The lowest BCUT2D eigenvalue weighted by Gasteiger charge is -2.49. The van der Waals surface area contributed by atoms with E-state index in [9.17, 15) is 4.79 Å². The lowest BCUT2D eigenvalue weighted by atomic mass is 9.52. The maximum atomic E-state index is 12.1. The predicted octanol–water partition coefficient (Wildman–Crippen LogP) is 3.68. The van der Waals surface area contributed by atoms with Gasteiger partial charge in [-0.3, -0.25) is 4.79 Å². The number of carbonyl (C=O) groups excluding carboxylic acids is 1. The van der Waals surface area contributed by atoms with Crippen LogP contribution in [0.25, 0.3) is 0 Å². The first-order valence-corrected chi connectivity index (χ1v) is 6.10. The van der Waals surface area contributed by atoms with Gasteiger partial charge in [0.2, 0.25) is 0 Å². The Morgan fingerprint density at radius 3 is 2.56 bits per heavy atom. The third-order valence-corrected chi connectivity index (χ3v) is 4.01. The lowest BCUT2D eigenvalue weighted by molar-refractivity contribution is -0.125. The lowest BCUT2D eigenvalue weighted by Crippen LogP contribution is -2.48. The van der Waals surface area contributed by atoms with Crippen LogP contribution in [0.1, 0.15) is 51.2 Å². The summed E-state index contributed by atoms with van der Waals surface area (Å²) in [5, 5.41) is 0. The number of hydrogen-bond acceptors (Lipinski definition) is 1. The molecule has 0 fully saturated rings. The minimum absolute atomic E-state index is 0.204. The molecule has 1 aromatic rings. The van der Waals surface area contributed by atoms with E-state index in [0.717, 1.165) is 6.42 Å². The molecule has 86 valence electrons. The van der Waals surface area contributed by atoms with Crippen molar-refractivity contribution in [3.63, 3.8) is 0 Å². The van der Waals surface area contributed by atoms with Gasteiger partial charge < -0.3 is 0 Å². The zero-order valence-corrected chi connectivity index (χ0v) is 10.6. The third kappa shape index (κ3) is 1.34. The Morgan fingerprint density at radius 2 is 2.00 bits per heavy atom. The molecule has 0 aromatic heterocycles. The summed E-state index contributed by atoms with van der Waals surface area (Å²) in [5.41, 5.74) is 2.42. The van der Waals surface area contributed by atoms with E-state index >= 15 is 0 Å². The fourth-order valence-electron chi connectivity index (χ4n) is 3.27. The number of hydrogen-bond donors (Lipinski definition) is 0. The topological polar surface area (TPSA) is 17.1 Å². The van der Waals surface area contributed by atoms with Crippen LogP contribution in [0.4, 0.5) is 0 Å². The first-order chi connectivity index (χ1) is 7.50. The van der Waals surface area contributed by atoms with Gasteiger partial charge >= 0.3 is 0 Å². The van der Waals surface area contributed by atoms with Crippen molar-refractivity contribution in [3.05, 3.63) is 35.4 Å². The zero-order chi connectivity index (χ0) is 11.9. The van der Waals surface area contributed by atoms with Gasteiger partial charge in [-0.05, 0) is 36.3 Å². The van der Waals surface area contributed by atoms with Gasteiger partial charge in [-0.1, -0.05) is 45.0 Å². The molecule has 1 heteroatoms. The van der Waals surface area contributed by atoms with Crippen LogP contribution in [0.3, 0.4) is 0 Å². The van der Waals surface area contributed by atoms with Crippen molar-refractivity contribution in [1.82, 2.24) is 0 Å². The molecular weight excluding hydrogens is 196 g/mol. The van der Waals surface area contributed by atoms with Gasteiger partial charge in [-0.2, -0.15) is 0 Å². The van der Waals surface area contributed by atoms with Gasteiger partial charge in [-0.15, -0.1) is 0 Å². The Kier molecular flexibility index (Phi) is 2.65. The summed E-state index contributed by atoms with van der Waals surface area (Å²) in [5.74, 6) is 1.26. The van der Waals surface area contributed by atoms with E-state index in [0.29, 0.717) is 17.6 Å². The summed E-state index contributed by atoms with van der Waals surface area (Å²) in [6.45, 7) is 8.32. The second kappa shape index (κ2) is 3.73. The largest absolute Gasteiger partial charge is 0.299 e. The van der Waals surface area contributed by atoms with Gasteiger partial charge in [0.25, 0.3) is 0 Å². The molecule has 1 aliphatic rings. The Morgan fingerprint density at radius 1 is 1.38 bits per heavy atom. The summed E-state index contributed by atoms with van der Waals surface area (Å²) < 4.78 is 0. The highest BCUT2D eigenvalue weighted by molar-refractivity contribution is 5.92. The summed E-state index contributed by atoms with van der Waals surface area (Å²) in [4.78, 5) is 12.1. The second-order valence-corrected chi connectivity index (χ2v) is 5.43. The molecular formula is C15H20O. The molecule has 0 bridgehead atoms. The smallest absolute Gasteiger partial charge is 0.140 e. The number of ketones is 1. The number of Topliss-reactive ketones (excluding diaryl/α,β-unsaturated/α-hetero) is 1. The molecule has 0 saturated heterocycles. The summed E-state index contributed by atoms with van der Waals surface area (Å²) in [7, 11) is 0. The first-order valence-electron chi connectivity index (χ1n) is 6.10. The molecule has 0 spiro atoms. The Balaban J connectivity index is 2.48. The zero-order valence-electron chi connectivity index (χ0n) is 10.6. The molecule has 1 unspecified atom stereocenters. The minimum Gasteiger partial charge on any atom is -0.299 e. The molecule has 0 N–H and O–H groups in total. The van der Waals surface area contributed by atoms with Crippen LogP contribution in [-0.2, 0) is 10.2 Å².